The van der Waals surface area contributed by atoms with Crippen molar-refractivity contribution in [3.8, 4) is 12.3 Å². The van der Waals surface area contributed by atoms with E-state index < -0.39 is 32.6 Å². The molecule has 0 aromatic heterocycles. The van der Waals surface area contributed by atoms with E-state index in [4.69, 9.17) is 6.42 Å². The predicted molar refractivity (Wildman–Crippen MR) is 64.2 cm³/mol. The number of sulfonamides is 1. The summed E-state index contributed by atoms with van der Waals surface area (Å²) in [5.41, 5.74) is 0. The Morgan fingerprint density at radius 3 is 2.61 bits per heavy atom. The maximum Gasteiger partial charge on any atom is 0.243 e. The van der Waals surface area contributed by atoms with Crippen LogP contribution in [-0.2, 0) is 10.0 Å². The van der Waals surface area contributed by atoms with E-state index >= 15 is 0 Å². The number of hydrogen-bond acceptors (Lipinski definition) is 2. The van der Waals surface area contributed by atoms with Gasteiger partial charge in [-0.3, -0.25) is 0 Å². The molecule has 1 rings (SSSR count). The Labute approximate surface area is 105 Å². The van der Waals surface area contributed by atoms with Gasteiger partial charge in [-0.25, -0.2) is 21.9 Å². The predicted octanol–water partition coefficient (Wildman–Crippen LogP) is 2.04. The number of halogens is 2. The van der Waals surface area contributed by atoms with Crippen LogP contribution in [0, 0.1) is 24.0 Å². The maximum atomic E-state index is 13.4. The molecule has 0 aliphatic carbocycles. The van der Waals surface area contributed by atoms with Crippen molar-refractivity contribution in [3.63, 3.8) is 0 Å². The smallest absolute Gasteiger partial charge is 0.207 e. The third-order valence-corrected chi connectivity index (χ3v) is 3.92. The lowest BCUT2D eigenvalue weighted by Gasteiger charge is -2.14. The largest absolute Gasteiger partial charge is 0.243 e. The zero-order valence-corrected chi connectivity index (χ0v) is 10.6. The van der Waals surface area contributed by atoms with Gasteiger partial charge in [-0.15, -0.1) is 12.3 Å². The minimum absolute atomic E-state index is 0.207. The molecule has 1 atom stereocenters. The van der Waals surface area contributed by atoms with Crippen molar-refractivity contribution >= 4 is 10.0 Å². The van der Waals surface area contributed by atoms with Crippen molar-refractivity contribution in [1.29, 1.82) is 0 Å². The molecule has 1 aromatic rings. The summed E-state index contributed by atoms with van der Waals surface area (Å²) < 4.78 is 52.1. The summed E-state index contributed by atoms with van der Waals surface area (Å²) in [4.78, 5) is -0.584. The Kier molecular flexibility index (Phi) is 4.82. The first-order chi connectivity index (χ1) is 8.40. The van der Waals surface area contributed by atoms with E-state index in [2.05, 4.69) is 10.6 Å². The highest BCUT2D eigenvalue weighted by molar-refractivity contribution is 7.89. The van der Waals surface area contributed by atoms with Gasteiger partial charge in [0.05, 0.1) is 0 Å². The topological polar surface area (TPSA) is 46.2 Å². The monoisotopic (exact) mass is 273 g/mol. The van der Waals surface area contributed by atoms with Crippen LogP contribution >= 0.6 is 0 Å². The molecular formula is C12H13F2NO2S. The highest BCUT2D eigenvalue weighted by Gasteiger charge is 2.22. The van der Waals surface area contributed by atoms with Crippen LogP contribution in [-0.4, -0.2) is 14.5 Å². The second-order valence-electron chi connectivity index (χ2n) is 3.71. The van der Waals surface area contributed by atoms with E-state index in [1.807, 2.05) is 0 Å². The first-order valence-electron chi connectivity index (χ1n) is 5.31. The van der Waals surface area contributed by atoms with Crippen LogP contribution in [0.15, 0.2) is 23.1 Å². The molecule has 98 valence electrons. The number of hydrogen-bond donors (Lipinski definition) is 1. The van der Waals surface area contributed by atoms with Crippen LogP contribution in [0.5, 0.6) is 0 Å². The van der Waals surface area contributed by atoms with Crippen LogP contribution in [0.3, 0.4) is 0 Å². The fourth-order valence-electron chi connectivity index (χ4n) is 1.39. The van der Waals surface area contributed by atoms with Crippen molar-refractivity contribution in [2.45, 2.75) is 30.7 Å². The summed E-state index contributed by atoms with van der Waals surface area (Å²) in [6.45, 7) is 1.76. The lowest BCUT2D eigenvalue weighted by molar-refractivity contribution is 0.525. The lowest BCUT2D eigenvalue weighted by atomic mass is 10.2. The van der Waals surface area contributed by atoms with E-state index in [1.165, 1.54) is 0 Å². The molecule has 1 aromatic carbocycles. The lowest BCUT2D eigenvalue weighted by Crippen LogP contribution is -2.34. The van der Waals surface area contributed by atoms with Gasteiger partial charge in [0.15, 0.2) is 0 Å². The molecule has 0 saturated heterocycles. The Hall–Kier alpha value is -1.45. The van der Waals surface area contributed by atoms with Crippen molar-refractivity contribution in [2.24, 2.45) is 0 Å². The Morgan fingerprint density at radius 1 is 1.44 bits per heavy atom. The van der Waals surface area contributed by atoms with Gasteiger partial charge in [0.2, 0.25) is 10.0 Å². The van der Waals surface area contributed by atoms with Crippen molar-refractivity contribution in [2.75, 3.05) is 0 Å². The molecule has 0 bridgehead atoms. The molecule has 3 nitrogen and oxygen atoms in total. The fourth-order valence-corrected chi connectivity index (χ4v) is 2.77. The third kappa shape index (κ3) is 3.52. The number of rotatable bonds is 5. The van der Waals surface area contributed by atoms with E-state index in [0.717, 1.165) is 12.1 Å². The van der Waals surface area contributed by atoms with Crippen LogP contribution < -0.4 is 4.72 Å². The van der Waals surface area contributed by atoms with Crippen molar-refractivity contribution in [3.05, 3.63) is 29.8 Å². The first kappa shape index (κ1) is 14.6. The van der Waals surface area contributed by atoms with Gasteiger partial charge in [-0.2, -0.15) is 0 Å². The van der Waals surface area contributed by atoms with E-state index in [0.29, 0.717) is 12.5 Å². The highest BCUT2D eigenvalue weighted by atomic mass is 32.2. The normalized spacial score (nSPS) is 13.0. The second kappa shape index (κ2) is 5.94. The Bertz CT molecular complexity index is 564. The zero-order chi connectivity index (χ0) is 13.8. The molecule has 6 heteroatoms. The third-order valence-electron chi connectivity index (χ3n) is 2.36. The van der Waals surface area contributed by atoms with Crippen LogP contribution in [0.25, 0.3) is 0 Å². The molecule has 1 unspecified atom stereocenters. The van der Waals surface area contributed by atoms with E-state index in [1.54, 1.807) is 6.92 Å². The number of nitrogens with one attached hydrogen (secondary N) is 1. The molecule has 0 heterocycles. The fraction of sp³-hybridized carbons (Fsp3) is 0.333. The summed E-state index contributed by atoms with van der Waals surface area (Å²) >= 11 is 0. The van der Waals surface area contributed by atoms with Crippen LogP contribution in [0.4, 0.5) is 8.78 Å². The van der Waals surface area contributed by atoms with E-state index in [9.17, 15) is 17.2 Å². The number of terminal acetylenes is 1. The van der Waals surface area contributed by atoms with Gasteiger partial charge in [-0.05, 0) is 18.6 Å². The summed E-state index contributed by atoms with van der Waals surface area (Å²) in [5, 5.41) is 0. The molecule has 0 aliphatic heterocycles. The first-order valence-corrected chi connectivity index (χ1v) is 6.80. The van der Waals surface area contributed by atoms with Crippen molar-refractivity contribution < 1.29 is 17.2 Å². The van der Waals surface area contributed by atoms with Gasteiger partial charge in [0, 0.05) is 18.5 Å². The van der Waals surface area contributed by atoms with Gasteiger partial charge >= 0.3 is 0 Å². The summed E-state index contributed by atoms with van der Waals surface area (Å²) in [6, 6.07) is 1.83. The van der Waals surface area contributed by atoms with Crippen LogP contribution in [0.2, 0.25) is 0 Å². The molecule has 0 amide bonds. The molecule has 0 spiro atoms. The SMILES string of the molecule is C#CCC(CC)NS(=O)(=O)c1ccc(F)cc1F. The van der Waals surface area contributed by atoms with Gasteiger partial charge in [0.25, 0.3) is 0 Å². The minimum Gasteiger partial charge on any atom is -0.207 e. The zero-order valence-electron chi connectivity index (χ0n) is 9.78. The Morgan fingerprint density at radius 2 is 2.11 bits per heavy atom. The summed E-state index contributed by atoms with van der Waals surface area (Å²) in [5.74, 6) is 0.378. The molecule has 0 aliphatic rings. The van der Waals surface area contributed by atoms with Gasteiger partial charge in [-0.1, -0.05) is 6.92 Å². The summed E-state index contributed by atoms with van der Waals surface area (Å²) in [6.07, 6.45) is 5.79. The summed E-state index contributed by atoms with van der Waals surface area (Å²) in [7, 11) is -4.03. The average Bonchev–Trinajstić information content (AvgIpc) is 2.27. The quantitative estimate of drug-likeness (QED) is 0.835. The maximum absolute atomic E-state index is 13.4. The van der Waals surface area contributed by atoms with Gasteiger partial charge < -0.3 is 0 Å². The molecule has 18 heavy (non-hydrogen) atoms. The standard InChI is InChI=1S/C12H13F2NO2S/c1-3-5-10(4-2)15-18(16,17)12-7-6-9(13)8-11(12)14/h1,6-8,10,15H,4-5H2,2H3. The minimum atomic E-state index is -4.03. The highest BCUT2D eigenvalue weighted by Crippen LogP contribution is 2.16. The van der Waals surface area contributed by atoms with E-state index in [-0.39, 0.29) is 6.42 Å². The molecule has 1 N–H and O–H groups in total. The molecule has 0 fully saturated rings. The molecule has 0 saturated carbocycles. The van der Waals surface area contributed by atoms with Gasteiger partial charge in [0.1, 0.15) is 16.5 Å². The average molecular weight is 273 g/mol. The van der Waals surface area contributed by atoms with Crippen LogP contribution in [0.1, 0.15) is 19.8 Å². The Balaban J connectivity index is 3.03. The van der Waals surface area contributed by atoms with Crippen molar-refractivity contribution in [1.82, 2.24) is 4.72 Å². The molecular weight excluding hydrogens is 260 g/mol. The molecule has 0 radical (unpaired) electrons. The number of benzene rings is 1. The second-order valence-corrected chi connectivity index (χ2v) is 5.39.